The first-order chi connectivity index (χ1) is 10.8. The van der Waals surface area contributed by atoms with Crippen LogP contribution in [0.25, 0.3) is 0 Å². The van der Waals surface area contributed by atoms with E-state index in [2.05, 4.69) is 10.0 Å². The summed E-state index contributed by atoms with van der Waals surface area (Å²) >= 11 is 0. The van der Waals surface area contributed by atoms with Crippen molar-refractivity contribution >= 4 is 21.6 Å². The van der Waals surface area contributed by atoms with Crippen LogP contribution >= 0.6 is 0 Å². The molecule has 1 atom stereocenters. The van der Waals surface area contributed by atoms with Crippen LogP contribution in [0.15, 0.2) is 53.4 Å². The number of anilines is 1. The van der Waals surface area contributed by atoms with Crippen LogP contribution in [0, 0.1) is 13.8 Å². The van der Waals surface area contributed by atoms with Gasteiger partial charge in [0.05, 0.1) is 10.9 Å². The van der Waals surface area contributed by atoms with Gasteiger partial charge in [0, 0.05) is 5.69 Å². The monoisotopic (exact) mass is 332 g/mol. The van der Waals surface area contributed by atoms with Crippen molar-refractivity contribution in [2.75, 3.05) is 5.32 Å². The zero-order valence-electron chi connectivity index (χ0n) is 13.3. The molecule has 0 saturated carbocycles. The highest BCUT2D eigenvalue weighted by Crippen LogP contribution is 2.12. The Morgan fingerprint density at radius 3 is 1.91 bits per heavy atom. The van der Waals surface area contributed by atoms with Crippen LogP contribution in [0.5, 0.6) is 0 Å². The van der Waals surface area contributed by atoms with Crippen LogP contribution in [0.2, 0.25) is 0 Å². The summed E-state index contributed by atoms with van der Waals surface area (Å²) in [6.45, 7) is 5.33. The van der Waals surface area contributed by atoms with Gasteiger partial charge in [-0.25, -0.2) is 8.42 Å². The highest BCUT2D eigenvalue weighted by molar-refractivity contribution is 7.89. The zero-order chi connectivity index (χ0) is 17.0. The summed E-state index contributed by atoms with van der Waals surface area (Å²) in [7, 11) is -3.73. The lowest BCUT2D eigenvalue weighted by Crippen LogP contribution is -2.41. The molecule has 0 aliphatic carbocycles. The maximum atomic E-state index is 12.3. The number of amides is 1. The van der Waals surface area contributed by atoms with Gasteiger partial charge in [-0.1, -0.05) is 35.4 Å². The van der Waals surface area contributed by atoms with Crippen LogP contribution < -0.4 is 10.0 Å². The van der Waals surface area contributed by atoms with Crippen molar-refractivity contribution in [2.45, 2.75) is 31.7 Å². The molecule has 5 nitrogen and oxygen atoms in total. The molecular weight excluding hydrogens is 312 g/mol. The van der Waals surface area contributed by atoms with E-state index in [-0.39, 0.29) is 4.90 Å². The van der Waals surface area contributed by atoms with E-state index in [1.54, 1.807) is 24.3 Å². The van der Waals surface area contributed by atoms with Crippen LogP contribution in [0.3, 0.4) is 0 Å². The fourth-order valence-corrected chi connectivity index (χ4v) is 3.16. The maximum Gasteiger partial charge on any atom is 0.242 e. The molecular formula is C17H20N2O3S. The molecule has 2 N–H and O–H groups in total. The Hall–Kier alpha value is -2.18. The number of benzene rings is 2. The third-order valence-electron chi connectivity index (χ3n) is 3.38. The summed E-state index contributed by atoms with van der Waals surface area (Å²) in [5.74, 6) is -0.412. The number of sulfonamides is 1. The number of carbonyl (C=O) groups excluding carboxylic acids is 1. The molecule has 0 aliphatic rings. The minimum absolute atomic E-state index is 0.137. The molecule has 0 aliphatic heterocycles. The number of carbonyl (C=O) groups is 1. The number of nitrogens with one attached hydrogen (secondary N) is 2. The molecule has 0 unspecified atom stereocenters. The predicted octanol–water partition coefficient (Wildman–Crippen LogP) is 2.61. The SMILES string of the molecule is Cc1ccc(NC(=O)[C@H](C)NS(=O)(=O)c2ccc(C)cc2)cc1. The van der Waals surface area contributed by atoms with Crippen molar-refractivity contribution in [1.82, 2.24) is 4.72 Å². The minimum Gasteiger partial charge on any atom is -0.325 e. The molecule has 23 heavy (non-hydrogen) atoms. The molecule has 2 rings (SSSR count). The third kappa shape index (κ3) is 4.64. The van der Waals surface area contributed by atoms with E-state index in [4.69, 9.17) is 0 Å². The first-order valence-electron chi connectivity index (χ1n) is 7.24. The molecule has 0 saturated heterocycles. The second-order valence-electron chi connectivity index (χ2n) is 5.51. The van der Waals surface area contributed by atoms with Gasteiger partial charge in [-0.3, -0.25) is 4.79 Å². The van der Waals surface area contributed by atoms with Gasteiger partial charge in [0.15, 0.2) is 0 Å². The quantitative estimate of drug-likeness (QED) is 0.884. The molecule has 2 aromatic carbocycles. The molecule has 0 spiro atoms. The third-order valence-corrected chi connectivity index (χ3v) is 4.93. The van der Waals surface area contributed by atoms with Gasteiger partial charge in [0.2, 0.25) is 15.9 Å². The van der Waals surface area contributed by atoms with Gasteiger partial charge in [0.1, 0.15) is 0 Å². The summed E-state index contributed by atoms with van der Waals surface area (Å²) in [4.78, 5) is 12.3. The summed E-state index contributed by atoms with van der Waals surface area (Å²) in [6.07, 6.45) is 0. The van der Waals surface area contributed by atoms with Crippen LogP contribution in [-0.2, 0) is 14.8 Å². The number of aryl methyl sites for hydroxylation is 2. The largest absolute Gasteiger partial charge is 0.325 e. The topological polar surface area (TPSA) is 75.3 Å². The molecule has 6 heteroatoms. The van der Waals surface area contributed by atoms with Crippen molar-refractivity contribution in [3.63, 3.8) is 0 Å². The van der Waals surface area contributed by atoms with Crippen molar-refractivity contribution in [3.05, 3.63) is 59.7 Å². The van der Waals surface area contributed by atoms with E-state index < -0.39 is 22.0 Å². The average molecular weight is 332 g/mol. The van der Waals surface area contributed by atoms with Crippen LogP contribution in [0.1, 0.15) is 18.1 Å². The normalized spacial score (nSPS) is 12.7. The first-order valence-corrected chi connectivity index (χ1v) is 8.73. The fourth-order valence-electron chi connectivity index (χ4n) is 1.96. The second-order valence-corrected chi connectivity index (χ2v) is 7.23. The van der Waals surface area contributed by atoms with E-state index in [0.29, 0.717) is 5.69 Å². The average Bonchev–Trinajstić information content (AvgIpc) is 2.49. The van der Waals surface area contributed by atoms with Gasteiger partial charge in [-0.2, -0.15) is 4.72 Å². The Morgan fingerprint density at radius 1 is 0.913 bits per heavy atom. The smallest absolute Gasteiger partial charge is 0.242 e. The van der Waals surface area contributed by atoms with E-state index in [1.165, 1.54) is 19.1 Å². The zero-order valence-corrected chi connectivity index (χ0v) is 14.1. The van der Waals surface area contributed by atoms with Crippen molar-refractivity contribution in [2.24, 2.45) is 0 Å². The van der Waals surface area contributed by atoms with E-state index in [9.17, 15) is 13.2 Å². The van der Waals surface area contributed by atoms with Gasteiger partial charge >= 0.3 is 0 Å². The fraction of sp³-hybridized carbons (Fsp3) is 0.235. The minimum atomic E-state index is -3.73. The maximum absolute atomic E-state index is 12.3. The van der Waals surface area contributed by atoms with Crippen molar-refractivity contribution in [1.29, 1.82) is 0 Å². The highest BCUT2D eigenvalue weighted by atomic mass is 32.2. The molecule has 122 valence electrons. The lowest BCUT2D eigenvalue weighted by molar-refractivity contribution is -0.117. The van der Waals surface area contributed by atoms with Crippen molar-refractivity contribution in [3.8, 4) is 0 Å². The van der Waals surface area contributed by atoms with E-state index >= 15 is 0 Å². The summed E-state index contributed by atoms with van der Waals surface area (Å²) in [6, 6.07) is 12.9. The first kappa shape index (κ1) is 17.2. The predicted molar refractivity (Wildman–Crippen MR) is 90.8 cm³/mol. The molecule has 0 bridgehead atoms. The lowest BCUT2D eigenvalue weighted by Gasteiger charge is -2.14. The van der Waals surface area contributed by atoms with Gasteiger partial charge < -0.3 is 5.32 Å². The van der Waals surface area contributed by atoms with E-state index in [1.807, 2.05) is 26.0 Å². The molecule has 2 aromatic rings. The molecule has 0 aromatic heterocycles. The number of rotatable bonds is 5. The van der Waals surface area contributed by atoms with E-state index in [0.717, 1.165) is 11.1 Å². The molecule has 0 radical (unpaired) electrons. The van der Waals surface area contributed by atoms with Gasteiger partial charge in [-0.15, -0.1) is 0 Å². The number of hydrogen-bond donors (Lipinski definition) is 2. The second kappa shape index (κ2) is 6.93. The Balaban J connectivity index is 2.05. The van der Waals surface area contributed by atoms with Crippen LogP contribution in [-0.4, -0.2) is 20.4 Å². The van der Waals surface area contributed by atoms with Crippen LogP contribution in [0.4, 0.5) is 5.69 Å². The van der Waals surface area contributed by atoms with Gasteiger partial charge in [-0.05, 0) is 45.0 Å². The Kier molecular flexibility index (Phi) is 5.18. The van der Waals surface area contributed by atoms with Crippen molar-refractivity contribution < 1.29 is 13.2 Å². The lowest BCUT2D eigenvalue weighted by atomic mass is 10.2. The Morgan fingerprint density at radius 2 is 1.39 bits per heavy atom. The van der Waals surface area contributed by atoms with Gasteiger partial charge in [0.25, 0.3) is 0 Å². The summed E-state index contributed by atoms with van der Waals surface area (Å²) < 4.78 is 26.9. The Bertz CT molecular complexity index is 782. The molecule has 0 fully saturated rings. The summed E-state index contributed by atoms with van der Waals surface area (Å²) in [5, 5.41) is 2.69. The molecule has 0 heterocycles. The summed E-state index contributed by atoms with van der Waals surface area (Å²) in [5.41, 5.74) is 2.67. The molecule has 1 amide bonds. The highest BCUT2D eigenvalue weighted by Gasteiger charge is 2.21. The Labute approximate surface area is 136 Å². The standard InChI is InChI=1S/C17H20N2O3S/c1-12-4-8-15(9-5-12)18-17(20)14(3)19-23(21,22)16-10-6-13(2)7-11-16/h4-11,14,19H,1-3H3,(H,18,20)/t14-/m0/s1. The number of hydrogen-bond acceptors (Lipinski definition) is 3.